The Morgan fingerprint density at radius 1 is 0.952 bits per heavy atom. The summed E-state index contributed by atoms with van der Waals surface area (Å²) in [6.07, 6.45) is 1.82. The molecular formula is C14H25N4O3+. The molecule has 0 spiro atoms. The first-order valence-electron chi connectivity index (χ1n) is 7.62. The van der Waals surface area contributed by atoms with Crippen molar-refractivity contribution in [2.75, 3.05) is 46.6 Å². The lowest BCUT2D eigenvalue weighted by molar-refractivity contribution is 0.0488. The van der Waals surface area contributed by atoms with Gasteiger partial charge in [0.05, 0.1) is 33.5 Å². The lowest BCUT2D eigenvalue weighted by Gasteiger charge is -2.34. The van der Waals surface area contributed by atoms with Crippen LogP contribution >= 0.6 is 0 Å². The maximum absolute atomic E-state index is 5.57. The van der Waals surface area contributed by atoms with E-state index in [9.17, 15) is 0 Å². The van der Waals surface area contributed by atoms with E-state index in [1.807, 2.05) is 13.8 Å². The standard InChI is InChI=1S/C14H25N4O3/c1-4-8-20-13-15-12(16-14(17-13)21-9-5-2)18(3)6-10-19-11-7-18/h4-11H2,1-3H3/q+1. The number of rotatable bonds is 7. The summed E-state index contributed by atoms with van der Waals surface area (Å²) in [7, 11) is 2.10. The molecule has 21 heavy (non-hydrogen) atoms. The average Bonchev–Trinajstić information content (AvgIpc) is 2.51. The molecule has 7 nitrogen and oxygen atoms in total. The highest BCUT2D eigenvalue weighted by atomic mass is 16.5. The number of nitrogens with zero attached hydrogens (tertiary/aromatic N) is 4. The summed E-state index contributed by atoms with van der Waals surface area (Å²) in [6.45, 7) is 8.36. The summed E-state index contributed by atoms with van der Waals surface area (Å²) in [5, 5.41) is 0. The van der Waals surface area contributed by atoms with Gasteiger partial charge in [-0.05, 0) is 12.8 Å². The molecule has 1 aromatic heterocycles. The van der Waals surface area contributed by atoms with Crippen molar-refractivity contribution >= 4 is 5.95 Å². The molecule has 2 rings (SSSR count). The maximum atomic E-state index is 5.57. The van der Waals surface area contributed by atoms with E-state index in [1.54, 1.807) is 0 Å². The first-order valence-corrected chi connectivity index (χ1v) is 7.62. The monoisotopic (exact) mass is 297 g/mol. The van der Waals surface area contributed by atoms with Crippen molar-refractivity contribution in [3.63, 3.8) is 0 Å². The molecule has 0 bridgehead atoms. The van der Waals surface area contributed by atoms with Gasteiger partial charge in [0.25, 0.3) is 0 Å². The minimum atomic E-state index is 0.346. The molecule has 0 aliphatic carbocycles. The third-order valence-electron chi connectivity index (χ3n) is 3.39. The zero-order chi connectivity index (χ0) is 15.1. The van der Waals surface area contributed by atoms with E-state index in [4.69, 9.17) is 14.2 Å². The molecule has 1 saturated heterocycles. The molecule has 7 heteroatoms. The molecule has 0 saturated carbocycles. The Morgan fingerprint density at radius 2 is 1.48 bits per heavy atom. The van der Waals surface area contributed by atoms with Gasteiger partial charge in [0.1, 0.15) is 13.1 Å². The number of aromatic nitrogens is 3. The van der Waals surface area contributed by atoms with Crippen molar-refractivity contribution in [2.45, 2.75) is 26.7 Å². The van der Waals surface area contributed by atoms with Gasteiger partial charge in [-0.1, -0.05) is 13.8 Å². The zero-order valence-corrected chi connectivity index (χ0v) is 13.2. The van der Waals surface area contributed by atoms with E-state index in [1.165, 1.54) is 0 Å². The normalized spacial score (nSPS) is 17.5. The van der Waals surface area contributed by atoms with Crippen LogP contribution in [0.5, 0.6) is 12.0 Å². The topological polar surface area (TPSA) is 66.4 Å². The minimum Gasteiger partial charge on any atom is -0.463 e. The Bertz CT molecular complexity index is 424. The minimum absolute atomic E-state index is 0.346. The highest BCUT2D eigenvalue weighted by molar-refractivity contribution is 5.28. The van der Waals surface area contributed by atoms with Gasteiger partial charge >= 0.3 is 18.0 Å². The molecule has 1 aromatic rings. The van der Waals surface area contributed by atoms with Gasteiger partial charge < -0.3 is 14.2 Å². The predicted molar refractivity (Wildman–Crippen MR) is 79.7 cm³/mol. The molecule has 1 fully saturated rings. The van der Waals surface area contributed by atoms with Gasteiger partial charge in [-0.3, -0.25) is 4.48 Å². The lowest BCUT2D eigenvalue weighted by Crippen LogP contribution is -2.54. The van der Waals surface area contributed by atoms with E-state index < -0.39 is 0 Å². The lowest BCUT2D eigenvalue weighted by atomic mass is 10.4. The molecule has 0 amide bonds. The molecule has 0 N–H and O–H groups in total. The van der Waals surface area contributed by atoms with E-state index in [2.05, 4.69) is 22.0 Å². The van der Waals surface area contributed by atoms with Gasteiger partial charge in [0.15, 0.2) is 0 Å². The predicted octanol–water partition coefficient (Wildman–Crippen LogP) is 1.42. The molecule has 2 heterocycles. The van der Waals surface area contributed by atoms with Crippen LogP contribution in [0.4, 0.5) is 5.95 Å². The molecule has 0 radical (unpaired) electrons. The second-order valence-corrected chi connectivity index (χ2v) is 5.35. The smallest absolute Gasteiger partial charge is 0.338 e. The van der Waals surface area contributed by atoms with Crippen LogP contribution in [0.3, 0.4) is 0 Å². The zero-order valence-electron chi connectivity index (χ0n) is 13.2. The van der Waals surface area contributed by atoms with Crippen molar-refractivity contribution < 1.29 is 14.2 Å². The maximum Gasteiger partial charge on any atom is 0.338 e. The Balaban J connectivity index is 2.24. The van der Waals surface area contributed by atoms with Gasteiger partial charge in [-0.25, -0.2) is 0 Å². The summed E-state index contributed by atoms with van der Waals surface area (Å²) in [6, 6.07) is 0.692. The molecule has 0 atom stereocenters. The third kappa shape index (κ3) is 4.25. The number of ether oxygens (including phenoxy) is 3. The molecule has 118 valence electrons. The molecule has 0 unspecified atom stereocenters. The van der Waals surface area contributed by atoms with Crippen LogP contribution in [-0.2, 0) is 4.74 Å². The summed E-state index contributed by atoms with van der Waals surface area (Å²) in [5.74, 6) is 0.686. The van der Waals surface area contributed by atoms with E-state index in [0.717, 1.165) is 25.9 Å². The van der Waals surface area contributed by atoms with Crippen LogP contribution in [0.1, 0.15) is 26.7 Å². The van der Waals surface area contributed by atoms with Gasteiger partial charge in [-0.2, -0.15) is 0 Å². The highest BCUT2D eigenvalue weighted by Gasteiger charge is 2.33. The highest BCUT2D eigenvalue weighted by Crippen LogP contribution is 2.22. The average molecular weight is 297 g/mol. The van der Waals surface area contributed by atoms with Crippen LogP contribution in [0.25, 0.3) is 0 Å². The van der Waals surface area contributed by atoms with Crippen molar-refractivity contribution in [3.8, 4) is 12.0 Å². The number of morpholine rings is 1. The fourth-order valence-corrected chi connectivity index (χ4v) is 2.03. The van der Waals surface area contributed by atoms with Gasteiger partial charge in [0.2, 0.25) is 0 Å². The van der Waals surface area contributed by atoms with Gasteiger partial charge in [0, 0.05) is 0 Å². The molecule has 0 aromatic carbocycles. The van der Waals surface area contributed by atoms with Gasteiger partial charge in [-0.15, -0.1) is 15.0 Å². The fourth-order valence-electron chi connectivity index (χ4n) is 2.03. The van der Waals surface area contributed by atoms with Crippen LogP contribution in [0, 0.1) is 0 Å². The van der Waals surface area contributed by atoms with Crippen molar-refractivity contribution in [1.82, 2.24) is 19.4 Å². The molecular weight excluding hydrogens is 272 g/mol. The van der Waals surface area contributed by atoms with Crippen molar-refractivity contribution in [3.05, 3.63) is 0 Å². The number of hydrogen-bond donors (Lipinski definition) is 0. The van der Waals surface area contributed by atoms with Crippen molar-refractivity contribution in [2.24, 2.45) is 0 Å². The van der Waals surface area contributed by atoms with E-state index in [0.29, 0.717) is 48.9 Å². The van der Waals surface area contributed by atoms with Crippen LogP contribution in [0.2, 0.25) is 0 Å². The summed E-state index contributed by atoms with van der Waals surface area (Å²) in [5.41, 5.74) is 0. The van der Waals surface area contributed by atoms with Crippen LogP contribution < -0.4 is 14.0 Å². The quantitative estimate of drug-likeness (QED) is 0.709. The van der Waals surface area contributed by atoms with E-state index in [-0.39, 0.29) is 0 Å². The Morgan fingerprint density at radius 3 is 1.95 bits per heavy atom. The summed E-state index contributed by atoms with van der Waals surface area (Å²) in [4.78, 5) is 13.2. The summed E-state index contributed by atoms with van der Waals surface area (Å²) < 4.78 is 17.2. The Hall–Kier alpha value is -1.47. The third-order valence-corrected chi connectivity index (χ3v) is 3.39. The number of likely N-dealkylation sites (N-methyl/N-ethyl adjacent to an activating group) is 1. The van der Waals surface area contributed by atoms with Crippen molar-refractivity contribution in [1.29, 1.82) is 0 Å². The second kappa shape index (κ2) is 7.51. The Labute approximate surface area is 125 Å². The van der Waals surface area contributed by atoms with Crippen LogP contribution in [0.15, 0.2) is 0 Å². The number of quaternary nitrogens is 1. The Kier molecular flexibility index (Phi) is 5.69. The first-order chi connectivity index (χ1) is 10.2. The first kappa shape index (κ1) is 15.9. The molecule has 1 aliphatic rings. The van der Waals surface area contributed by atoms with E-state index >= 15 is 0 Å². The largest absolute Gasteiger partial charge is 0.463 e. The molecule has 1 aliphatic heterocycles. The SMILES string of the molecule is CCCOc1nc(OCCC)nc([N+]2(C)CCOCC2)n1. The second-order valence-electron chi connectivity index (χ2n) is 5.35. The fraction of sp³-hybridized carbons (Fsp3) is 0.786. The number of hydrogen-bond acceptors (Lipinski definition) is 6. The summed E-state index contributed by atoms with van der Waals surface area (Å²) >= 11 is 0. The van der Waals surface area contributed by atoms with Crippen LogP contribution in [-0.4, -0.2) is 61.5 Å².